The van der Waals surface area contributed by atoms with E-state index in [2.05, 4.69) is 20.7 Å². The van der Waals surface area contributed by atoms with E-state index in [1.165, 1.54) is 12.1 Å². The van der Waals surface area contributed by atoms with Crippen molar-refractivity contribution in [3.05, 3.63) is 33.9 Å². The third-order valence-corrected chi connectivity index (χ3v) is 4.39. The maximum Gasteiger partial charge on any atom is 0.293 e. The number of halogens is 1. The number of benzene rings is 1. The average molecular weight is 309 g/mol. The molecular formula is C8H9BrN2O4S. The summed E-state index contributed by atoms with van der Waals surface area (Å²) in [5.74, 6) is 0. The molecule has 1 rings (SSSR count). The minimum Gasteiger partial charge on any atom is -0.276 e. The monoisotopic (exact) mass is 308 g/mol. The van der Waals surface area contributed by atoms with Crippen LogP contribution in [0.3, 0.4) is 0 Å². The van der Waals surface area contributed by atoms with Gasteiger partial charge in [-0.3, -0.25) is 14.8 Å². The van der Waals surface area contributed by atoms with Gasteiger partial charge in [0.1, 0.15) is 10.3 Å². The van der Waals surface area contributed by atoms with E-state index in [-0.39, 0.29) is 16.0 Å². The molecule has 6 nitrogen and oxygen atoms in total. The second-order valence-corrected chi connectivity index (χ2v) is 6.13. The first-order valence-electron chi connectivity index (χ1n) is 4.17. The molecule has 0 unspecified atom stereocenters. The van der Waals surface area contributed by atoms with Crippen molar-refractivity contribution in [1.82, 2.24) is 0 Å². The molecule has 0 aliphatic rings. The van der Waals surface area contributed by atoms with E-state index < -0.39 is 14.9 Å². The molecule has 1 aromatic rings. The fourth-order valence-corrected chi connectivity index (χ4v) is 1.98. The second kappa shape index (κ2) is 4.79. The van der Waals surface area contributed by atoms with Gasteiger partial charge in [0.15, 0.2) is 0 Å². The predicted octanol–water partition coefficient (Wildman–Crippen LogP) is 2.00. The van der Waals surface area contributed by atoms with E-state index in [4.69, 9.17) is 0 Å². The van der Waals surface area contributed by atoms with Crippen molar-refractivity contribution in [2.75, 3.05) is 9.38 Å². The van der Waals surface area contributed by atoms with Gasteiger partial charge in [-0.25, -0.2) is 8.42 Å². The number of nitro groups is 1. The first-order chi connectivity index (χ1) is 7.35. The number of nitrogens with zero attached hydrogens (tertiary/aromatic N) is 1. The molecule has 8 heteroatoms. The Labute approximate surface area is 101 Å². The first-order valence-corrected chi connectivity index (χ1v) is 6.94. The maximum absolute atomic E-state index is 11.2. The summed E-state index contributed by atoms with van der Waals surface area (Å²) in [6.07, 6.45) is 0. The molecule has 0 aliphatic heterocycles. The molecule has 0 aromatic heterocycles. The van der Waals surface area contributed by atoms with Crippen LogP contribution in [-0.4, -0.2) is 18.0 Å². The summed E-state index contributed by atoms with van der Waals surface area (Å²) in [4.78, 5) is 10.1. The standard InChI is InChI=1S/C8H9BrN2O4S/c1-6-2-3-7(8(4-6)11(12)13)10-16(14,15)5-9/h2-4,10H,5H2,1H3. The lowest BCUT2D eigenvalue weighted by molar-refractivity contribution is -0.383. The SMILES string of the molecule is Cc1ccc(NS(=O)(=O)CBr)c([N+](=O)[O-])c1. The van der Waals surface area contributed by atoms with Crippen LogP contribution in [0.4, 0.5) is 11.4 Å². The number of hydrogen-bond acceptors (Lipinski definition) is 4. The van der Waals surface area contributed by atoms with E-state index in [1.54, 1.807) is 13.0 Å². The van der Waals surface area contributed by atoms with Crippen LogP contribution in [0.25, 0.3) is 0 Å². The summed E-state index contributed by atoms with van der Waals surface area (Å²) in [5.41, 5.74) is 0.396. The summed E-state index contributed by atoms with van der Waals surface area (Å²) in [6.45, 7) is 1.69. The topological polar surface area (TPSA) is 89.3 Å². The van der Waals surface area contributed by atoms with Gasteiger partial charge in [0.25, 0.3) is 5.69 Å². The number of nitrogens with one attached hydrogen (secondary N) is 1. The summed E-state index contributed by atoms with van der Waals surface area (Å²) >= 11 is 2.78. The largest absolute Gasteiger partial charge is 0.293 e. The van der Waals surface area contributed by atoms with Gasteiger partial charge in [0, 0.05) is 6.07 Å². The zero-order valence-electron chi connectivity index (χ0n) is 8.31. The van der Waals surface area contributed by atoms with Gasteiger partial charge in [-0.1, -0.05) is 22.0 Å². The Morgan fingerprint density at radius 1 is 1.50 bits per heavy atom. The van der Waals surface area contributed by atoms with Crippen LogP contribution in [0, 0.1) is 17.0 Å². The maximum atomic E-state index is 11.2. The highest BCUT2D eigenvalue weighted by molar-refractivity contribution is 9.10. The van der Waals surface area contributed by atoms with Crippen molar-refractivity contribution in [2.45, 2.75) is 6.92 Å². The Bertz CT molecular complexity index is 515. The van der Waals surface area contributed by atoms with Crippen LogP contribution in [-0.2, 0) is 10.0 Å². The molecule has 0 radical (unpaired) electrons. The molecule has 0 heterocycles. The Kier molecular flexibility index (Phi) is 3.87. The van der Waals surface area contributed by atoms with Crippen LogP contribution in [0.1, 0.15) is 5.56 Å². The molecule has 1 N–H and O–H groups in total. The van der Waals surface area contributed by atoms with Crippen LogP contribution in [0.15, 0.2) is 18.2 Å². The third-order valence-electron chi connectivity index (χ3n) is 1.76. The zero-order chi connectivity index (χ0) is 12.3. The quantitative estimate of drug-likeness (QED) is 0.523. The van der Waals surface area contributed by atoms with Crippen molar-refractivity contribution in [3.8, 4) is 0 Å². The molecule has 0 amide bonds. The normalized spacial score (nSPS) is 11.1. The van der Waals surface area contributed by atoms with Crippen molar-refractivity contribution < 1.29 is 13.3 Å². The zero-order valence-corrected chi connectivity index (χ0v) is 10.7. The third kappa shape index (κ3) is 3.17. The number of aryl methyl sites for hydroxylation is 1. The van der Waals surface area contributed by atoms with E-state index in [1.807, 2.05) is 0 Å². The number of anilines is 1. The lowest BCUT2D eigenvalue weighted by Crippen LogP contribution is -2.14. The number of sulfonamides is 1. The molecule has 1 aromatic carbocycles. The predicted molar refractivity (Wildman–Crippen MR) is 64.2 cm³/mol. The Morgan fingerprint density at radius 3 is 2.62 bits per heavy atom. The van der Waals surface area contributed by atoms with Crippen LogP contribution in [0.2, 0.25) is 0 Å². The molecule has 0 atom stereocenters. The van der Waals surface area contributed by atoms with E-state index in [0.717, 1.165) is 0 Å². The van der Waals surface area contributed by atoms with Gasteiger partial charge in [0.2, 0.25) is 10.0 Å². The van der Waals surface area contributed by atoms with Gasteiger partial charge < -0.3 is 0 Å². The highest BCUT2D eigenvalue weighted by Crippen LogP contribution is 2.26. The molecule has 0 fully saturated rings. The number of nitro benzene ring substituents is 1. The van der Waals surface area contributed by atoms with E-state index in [9.17, 15) is 18.5 Å². The fourth-order valence-electron chi connectivity index (χ4n) is 1.07. The number of hydrogen-bond donors (Lipinski definition) is 1. The minimum atomic E-state index is -3.58. The first kappa shape index (κ1) is 12.9. The van der Waals surface area contributed by atoms with Crippen molar-refractivity contribution in [3.63, 3.8) is 0 Å². The number of alkyl halides is 1. The van der Waals surface area contributed by atoms with Gasteiger partial charge in [-0.05, 0) is 18.6 Å². The molecule has 0 bridgehead atoms. The smallest absolute Gasteiger partial charge is 0.276 e. The minimum absolute atomic E-state index is 0.0324. The fraction of sp³-hybridized carbons (Fsp3) is 0.250. The Morgan fingerprint density at radius 2 is 2.12 bits per heavy atom. The lowest BCUT2D eigenvalue weighted by Gasteiger charge is -2.06. The molecule has 16 heavy (non-hydrogen) atoms. The van der Waals surface area contributed by atoms with E-state index >= 15 is 0 Å². The van der Waals surface area contributed by atoms with Crippen molar-refractivity contribution in [1.29, 1.82) is 0 Å². The van der Waals surface area contributed by atoms with E-state index in [0.29, 0.717) is 5.56 Å². The highest BCUT2D eigenvalue weighted by atomic mass is 79.9. The molecule has 88 valence electrons. The van der Waals surface area contributed by atoms with Gasteiger partial charge in [-0.2, -0.15) is 0 Å². The summed E-state index contributed by atoms with van der Waals surface area (Å²) < 4.78 is 24.3. The average Bonchev–Trinajstić information content (AvgIpc) is 2.20. The highest BCUT2D eigenvalue weighted by Gasteiger charge is 2.18. The lowest BCUT2D eigenvalue weighted by atomic mass is 10.2. The Balaban J connectivity index is 3.19. The molecule has 0 saturated heterocycles. The molecule has 0 spiro atoms. The van der Waals surface area contributed by atoms with Gasteiger partial charge in [-0.15, -0.1) is 0 Å². The molecule has 0 saturated carbocycles. The van der Waals surface area contributed by atoms with Crippen molar-refractivity contribution in [2.24, 2.45) is 0 Å². The molecular weight excluding hydrogens is 300 g/mol. The van der Waals surface area contributed by atoms with Gasteiger partial charge in [0.05, 0.1) is 4.92 Å². The summed E-state index contributed by atoms with van der Waals surface area (Å²) in [6, 6.07) is 4.28. The molecule has 0 aliphatic carbocycles. The number of rotatable bonds is 4. The van der Waals surface area contributed by atoms with Crippen LogP contribution < -0.4 is 4.72 Å². The second-order valence-electron chi connectivity index (χ2n) is 3.10. The van der Waals surface area contributed by atoms with Crippen LogP contribution >= 0.6 is 15.9 Å². The summed E-state index contributed by atoms with van der Waals surface area (Å²) in [5, 5.41) is 10.7. The summed E-state index contributed by atoms with van der Waals surface area (Å²) in [7, 11) is -3.58. The van der Waals surface area contributed by atoms with Gasteiger partial charge >= 0.3 is 0 Å². The van der Waals surface area contributed by atoms with Crippen molar-refractivity contribution >= 4 is 37.3 Å². The Hall–Kier alpha value is -1.15. The van der Waals surface area contributed by atoms with Crippen LogP contribution in [0.5, 0.6) is 0 Å².